The number of imidazole rings is 1. The van der Waals surface area contributed by atoms with E-state index in [0.29, 0.717) is 21.3 Å². The van der Waals surface area contributed by atoms with Gasteiger partial charge in [0.2, 0.25) is 0 Å². The molecule has 3 rings (SSSR count). The average molecular weight is 392 g/mol. The number of aromatic nitrogens is 2. The largest absolute Gasteiger partial charge is 0.324 e. The highest BCUT2D eigenvalue weighted by Gasteiger charge is 2.29. The minimum atomic E-state index is -0.283. The normalized spacial score (nSPS) is 23.9. The van der Waals surface area contributed by atoms with Gasteiger partial charge in [0.15, 0.2) is 0 Å². The van der Waals surface area contributed by atoms with Crippen molar-refractivity contribution < 1.29 is 4.39 Å². The van der Waals surface area contributed by atoms with Crippen molar-refractivity contribution in [3.8, 4) is 0 Å². The van der Waals surface area contributed by atoms with Crippen LogP contribution in [0.25, 0.3) is 11.0 Å². The Morgan fingerprint density at radius 2 is 2.24 bits per heavy atom. The zero-order chi connectivity index (χ0) is 15.1. The summed E-state index contributed by atoms with van der Waals surface area (Å²) in [6, 6.07) is 3.72. The molecular formula is C15H17BrClFN2S. The van der Waals surface area contributed by atoms with Crippen molar-refractivity contribution in [3.05, 3.63) is 28.2 Å². The van der Waals surface area contributed by atoms with Crippen LogP contribution in [0.1, 0.15) is 43.4 Å². The minimum absolute atomic E-state index is 0.187. The van der Waals surface area contributed by atoms with Crippen molar-refractivity contribution in [2.45, 2.75) is 42.9 Å². The summed E-state index contributed by atoms with van der Waals surface area (Å²) in [6.07, 6.45) is 5.63. The molecule has 3 atom stereocenters. The fourth-order valence-corrected chi connectivity index (χ4v) is 4.41. The molecule has 6 heteroatoms. The third kappa shape index (κ3) is 2.84. The zero-order valence-corrected chi connectivity index (χ0v) is 15.1. The smallest absolute Gasteiger partial charge is 0.139 e. The van der Waals surface area contributed by atoms with Gasteiger partial charge in [-0.1, -0.05) is 0 Å². The predicted octanol–water partition coefficient (Wildman–Crippen LogP) is 5.69. The molecule has 0 spiro atoms. The predicted molar refractivity (Wildman–Crippen MR) is 91.9 cm³/mol. The first-order chi connectivity index (χ1) is 10.0. The maximum Gasteiger partial charge on any atom is 0.139 e. The molecule has 1 fully saturated rings. The molecule has 2 nitrogen and oxygen atoms in total. The van der Waals surface area contributed by atoms with Crippen molar-refractivity contribution in [1.82, 2.24) is 9.55 Å². The maximum atomic E-state index is 13.8. The van der Waals surface area contributed by atoms with E-state index in [2.05, 4.69) is 31.7 Å². The molecule has 1 aromatic carbocycles. The lowest BCUT2D eigenvalue weighted by molar-refractivity contribution is 0.511. The van der Waals surface area contributed by atoms with Gasteiger partial charge in [0, 0.05) is 17.4 Å². The summed E-state index contributed by atoms with van der Waals surface area (Å²) in [5, 5.41) is 0.502. The molecule has 0 amide bonds. The highest BCUT2D eigenvalue weighted by molar-refractivity contribution is 9.10. The summed E-state index contributed by atoms with van der Waals surface area (Å²) in [5.41, 5.74) is 1.66. The Morgan fingerprint density at radius 1 is 1.48 bits per heavy atom. The van der Waals surface area contributed by atoms with Gasteiger partial charge in [-0.15, -0.1) is 11.6 Å². The standard InChI is InChI=1S/C15H17BrClFN2S/c1-8(17)15-19-13-7-12(18)11(16)6-14(13)20(15)9-3-4-10(5-9)21-2/h6-10H,3-5H2,1-2H3. The van der Waals surface area contributed by atoms with E-state index in [1.54, 1.807) is 0 Å². The average Bonchev–Trinajstić information content (AvgIpc) is 3.03. The number of halogens is 3. The third-order valence-corrected chi connectivity index (χ3v) is 6.07. The van der Waals surface area contributed by atoms with E-state index < -0.39 is 0 Å². The Morgan fingerprint density at radius 3 is 2.86 bits per heavy atom. The molecule has 3 unspecified atom stereocenters. The first-order valence-electron chi connectivity index (χ1n) is 7.05. The Balaban J connectivity index is 2.14. The number of thioether (sulfide) groups is 1. The maximum absolute atomic E-state index is 13.8. The van der Waals surface area contributed by atoms with E-state index in [-0.39, 0.29) is 11.2 Å². The fraction of sp³-hybridized carbons (Fsp3) is 0.533. The number of fused-ring (bicyclic) bond motifs is 1. The monoisotopic (exact) mass is 390 g/mol. The molecule has 1 heterocycles. The topological polar surface area (TPSA) is 17.8 Å². The van der Waals surface area contributed by atoms with E-state index in [9.17, 15) is 4.39 Å². The molecule has 114 valence electrons. The number of hydrogen-bond acceptors (Lipinski definition) is 2. The lowest BCUT2D eigenvalue weighted by atomic mass is 10.2. The first-order valence-corrected chi connectivity index (χ1v) is 9.56. The third-order valence-electron chi connectivity index (χ3n) is 4.17. The Bertz CT molecular complexity index is 673. The molecule has 0 aliphatic heterocycles. The van der Waals surface area contributed by atoms with Gasteiger partial charge >= 0.3 is 0 Å². The van der Waals surface area contributed by atoms with E-state index in [4.69, 9.17) is 11.6 Å². The van der Waals surface area contributed by atoms with Crippen LogP contribution < -0.4 is 0 Å². The van der Waals surface area contributed by atoms with Crippen LogP contribution in [-0.2, 0) is 0 Å². The lowest BCUT2D eigenvalue weighted by Crippen LogP contribution is -2.10. The minimum Gasteiger partial charge on any atom is -0.324 e. The Hall–Kier alpha value is -0.260. The number of benzene rings is 1. The molecule has 21 heavy (non-hydrogen) atoms. The van der Waals surface area contributed by atoms with Gasteiger partial charge in [-0.2, -0.15) is 11.8 Å². The summed E-state index contributed by atoms with van der Waals surface area (Å²) >= 11 is 11.5. The van der Waals surface area contributed by atoms with Gasteiger partial charge in [-0.3, -0.25) is 0 Å². The van der Waals surface area contributed by atoms with Gasteiger partial charge in [0.05, 0.1) is 20.9 Å². The summed E-state index contributed by atoms with van der Waals surface area (Å²) in [7, 11) is 0. The van der Waals surface area contributed by atoms with Crippen molar-refractivity contribution in [3.63, 3.8) is 0 Å². The zero-order valence-electron chi connectivity index (χ0n) is 11.9. The van der Waals surface area contributed by atoms with E-state index in [1.807, 2.05) is 24.8 Å². The van der Waals surface area contributed by atoms with E-state index in [0.717, 1.165) is 24.2 Å². The quantitative estimate of drug-likeness (QED) is 0.625. The van der Waals surface area contributed by atoms with Gasteiger partial charge in [0.25, 0.3) is 0 Å². The fourth-order valence-electron chi connectivity index (χ4n) is 3.14. The van der Waals surface area contributed by atoms with Gasteiger partial charge < -0.3 is 4.57 Å². The lowest BCUT2D eigenvalue weighted by Gasteiger charge is -2.18. The second kappa shape index (κ2) is 6.09. The van der Waals surface area contributed by atoms with Crippen LogP contribution >= 0.6 is 39.3 Å². The summed E-state index contributed by atoms with van der Waals surface area (Å²) in [4.78, 5) is 4.57. The summed E-state index contributed by atoms with van der Waals surface area (Å²) in [5.74, 6) is 0.560. The van der Waals surface area contributed by atoms with Crippen molar-refractivity contribution >= 4 is 50.3 Å². The number of rotatable bonds is 3. The molecular weight excluding hydrogens is 375 g/mol. The second-order valence-corrected chi connectivity index (χ2v) is 8.18. The molecule has 1 saturated carbocycles. The molecule has 0 radical (unpaired) electrons. The SMILES string of the molecule is CSC1CCC(n2c(C(C)Cl)nc3cc(F)c(Br)cc32)C1. The van der Waals surface area contributed by atoms with Crippen LogP contribution in [0.4, 0.5) is 4.39 Å². The van der Waals surface area contributed by atoms with Crippen LogP contribution in [0.3, 0.4) is 0 Å². The molecule has 0 saturated heterocycles. The molecule has 1 aliphatic rings. The van der Waals surface area contributed by atoms with E-state index >= 15 is 0 Å². The second-order valence-electron chi connectivity index (χ2n) is 5.54. The molecule has 1 aromatic heterocycles. The van der Waals surface area contributed by atoms with Gasteiger partial charge in [-0.05, 0) is 54.4 Å². The van der Waals surface area contributed by atoms with Gasteiger partial charge in [-0.25, -0.2) is 9.37 Å². The Labute approximate surface area is 141 Å². The molecule has 0 bridgehead atoms. The van der Waals surface area contributed by atoms with Gasteiger partial charge in [0.1, 0.15) is 11.6 Å². The van der Waals surface area contributed by atoms with Crippen LogP contribution in [-0.4, -0.2) is 21.1 Å². The Kier molecular flexibility index (Phi) is 4.53. The van der Waals surface area contributed by atoms with Crippen molar-refractivity contribution in [1.29, 1.82) is 0 Å². The van der Waals surface area contributed by atoms with Crippen LogP contribution in [0, 0.1) is 5.82 Å². The highest BCUT2D eigenvalue weighted by atomic mass is 79.9. The first kappa shape index (κ1) is 15.6. The van der Waals surface area contributed by atoms with Crippen LogP contribution in [0.2, 0.25) is 0 Å². The van der Waals surface area contributed by atoms with Crippen LogP contribution in [0.15, 0.2) is 16.6 Å². The molecule has 1 aliphatic carbocycles. The molecule has 2 aromatic rings. The van der Waals surface area contributed by atoms with Crippen molar-refractivity contribution in [2.75, 3.05) is 6.26 Å². The van der Waals surface area contributed by atoms with Crippen LogP contribution in [0.5, 0.6) is 0 Å². The van der Waals surface area contributed by atoms with E-state index in [1.165, 1.54) is 12.5 Å². The number of alkyl halides is 1. The summed E-state index contributed by atoms with van der Waals surface area (Å²) < 4.78 is 16.5. The number of hydrogen-bond donors (Lipinski definition) is 0. The number of nitrogens with zero attached hydrogens (tertiary/aromatic N) is 2. The highest BCUT2D eigenvalue weighted by Crippen LogP contribution is 2.40. The summed E-state index contributed by atoms with van der Waals surface area (Å²) in [6.45, 7) is 1.92. The van der Waals surface area contributed by atoms with Crippen molar-refractivity contribution in [2.24, 2.45) is 0 Å². The molecule has 0 N–H and O–H groups in total.